The molecule has 0 unspecified atom stereocenters. The van der Waals surface area contributed by atoms with Gasteiger partial charge >= 0.3 is 12.0 Å². The highest BCUT2D eigenvalue weighted by Crippen LogP contribution is 2.48. The minimum absolute atomic E-state index is 0.0252. The molecule has 0 aliphatic heterocycles. The van der Waals surface area contributed by atoms with E-state index in [1.165, 1.54) is 25.7 Å². The Bertz CT molecular complexity index is 328. The standard InChI is InChI=1S/C13H22N2O4/c16-6-5-11(12(17)18)15-13(19)14-7-10(8-1-2-8)9-3-4-9/h8-11,16H,1-7H2,(H,17,18)(H2,14,15,19)/t11-/m0/s1. The maximum Gasteiger partial charge on any atom is 0.326 e. The number of carboxylic acid groups (broad SMARTS) is 1. The number of hydrogen-bond acceptors (Lipinski definition) is 3. The summed E-state index contributed by atoms with van der Waals surface area (Å²) in [4.78, 5) is 22.5. The summed E-state index contributed by atoms with van der Waals surface area (Å²) in [6.07, 6.45) is 5.05. The zero-order valence-corrected chi connectivity index (χ0v) is 11.0. The second-order valence-corrected chi connectivity index (χ2v) is 5.60. The Morgan fingerprint density at radius 3 is 2.16 bits per heavy atom. The highest BCUT2D eigenvalue weighted by atomic mass is 16.4. The second kappa shape index (κ2) is 6.23. The summed E-state index contributed by atoms with van der Waals surface area (Å²) >= 11 is 0. The third kappa shape index (κ3) is 4.38. The van der Waals surface area contributed by atoms with Gasteiger partial charge in [-0.2, -0.15) is 0 Å². The van der Waals surface area contributed by atoms with Gasteiger partial charge in [0.1, 0.15) is 6.04 Å². The Morgan fingerprint density at radius 1 is 1.16 bits per heavy atom. The maximum absolute atomic E-state index is 11.7. The van der Waals surface area contributed by atoms with E-state index in [1.54, 1.807) is 0 Å². The minimum atomic E-state index is -1.12. The molecule has 0 aromatic heterocycles. The highest BCUT2D eigenvalue weighted by Gasteiger charge is 2.41. The number of carboxylic acids is 1. The molecule has 0 radical (unpaired) electrons. The van der Waals surface area contributed by atoms with E-state index in [0.29, 0.717) is 12.5 Å². The van der Waals surface area contributed by atoms with Gasteiger partial charge in [-0.25, -0.2) is 9.59 Å². The van der Waals surface area contributed by atoms with E-state index in [4.69, 9.17) is 10.2 Å². The minimum Gasteiger partial charge on any atom is -0.480 e. The summed E-state index contributed by atoms with van der Waals surface area (Å²) in [7, 11) is 0. The molecular weight excluding hydrogens is 248 g/mol. The van der Waals surface area contributed by atoms with E-state index >= 15 is 0 Å². The molecule has 2 rings (SSSR count). The van der Waals surface area contributed by atoms with Crippen molar-refractivity contribution in [3.05, 3.63) is 0 Å². The van der Waals surface area contributed by atoms with Gasteiger partial charge in [0.15, 0.2) is 0 Å². The van der Waals surface area contributed by atoms with Crippen molar-refractivity contribution in [1.82, 2.24) is 10.6 Å². The van der Waals surface area contributed by atoms with E-state index in [2.05, 4.69) is 10.6 Å². The summed E-state index contributed by atoms with van der Waals surface area (Å²) in [6.45, 7) is 0.372. The fourth-order valence-electron chi connectivity index (χ4n) is 2.57. The van der Waals surface area contributed by atoms with Gasteiger partial charge in [0.25, 0.3) is 0 Å². The number of urea groups is 1. The van der Waals surface area contributed by atoms with E-state index in [0.717, 1.165) is 11.8 Å². The number of aliphatic hydroxyl groups excluding tert-OH is 1. The molecule has 2 amide bonds. The van der Waals surface area contributed by atoms with Crippen LogP contribution >= 0.6 is 0 Å². The molecule has 4 N–H and O–H groups in total. The molecule has 0 aromatic rings. The molecule has 0 bridgehead atoms. The summed E-state index contributed by atoms with van der Waals surface area (Å²) in [6, 6.07) is -1.47. The lowest BCUT2D eigenvalue weighted by atomic mass is 9.98. The number of aliphatic hydroxyl groups is 1. The van der Waals surface area contributed by atoms with Crippen LogP contribution in [0, 0.1) is 17.8 Å². The maximum atomic E-state index is 11.7. The van der Waals surface area contributed by atoms with Crippen molar-refractivity contribution in [2.45, 2.75) is 38.1 Å². The van der Waals surface area contributed by atoms with Gasteiger partial charge in [0.2, 0.25) is 0 Å². The van der Waals surface area contributed by atoms with Crippen LogP contribution in [0.25, 0.3) is 0 Å². The van der Waals surface area contributed by atoms with Crippen molar-refractivity contribution in [1.29, 1.82) is 0 Å². The van der Waals surface area contributed by atoms with Gasteiger partial charge in [-0.05, 0) is 43.4 Å². The van der Waals surface area contributed by atoms with Crippen molar-refractivity contribution in [2.75, 3.05) is 13.2 Å². The normalized spacial score (nSPS) is 20.1. The lowest BCUT2D eigenvalue weighted by molar-refractivity contribution is -0.139. The van der Waals surface area contributed by atoms with Crippen LogP contribution in [0.5, 0.6) is 0 Å². The molecular formula is C13H22N2O4. The number of carbonyl (C=O) groups is 2. The van der Waals surface area contributed by atoms with Crippen molar-refractivity contribution in [3.8, 4) is 0 Å². The van der Waals surface area contributed by atoms with Crippen molar-refractivity contribution < 1.29 is 19.8 Å². The van der Waals surface area contributed by atoms with Crippen LogP contribution in [-0.4, -0.2) is 41.4 Å². The molecule has 0 saturated heterocycles. The van der Waals surface area contributed by atoms with Gasteiger partial charge in [0, 0.05) is 19.6 Å². The zero-order valence-electron chi connectivity index (χ0n) is 11.0. The molecule has 2 aliphatic carbocycles. The van der Waals surface area contributed by atoms with Crippen LogP contribution in [0.2, 0.25) is 0 Å². The van der Waals surface area contributed by atoms with E-state index < -0.39 is 18.0 Å². The van der Waals surface area contributed by atoms with Gasteiger partial charge in [-0.1, -0.05) is 0 Å². The van der Waals surface area contributed by atoms with Gasteiger partial charge in [0.05, 0.1) is 0 Å². The number of rotatable bonds is 8. The summed E-state index contributed by atoms with van der Waals surface area (Å²) in [5, 5.41) is 22.8. The number of nitrogens with one attached hydrogen (secondary N) is 2. The van der Waals surface area contributed by atoms with Crippen molar-refractivity contribution in [2.24, 2.45) is 17.8 Å². The first kappa shape index (κ1) is 14.1. The fraction of sp³-hybridized carbons (Fsp3) is 0.846. The number of hydrogen-bond donors (Lipinski definition) is 4. The molecule has 0 heterocycles. The molecule has 19 heavy (non-hydrogen) atoms. The lowest BCUT2D eigenvalue weighted by Gasteiger charge is -2.18. The number of aliphatic carboxylic acids is 1. The monoisotopic (exact) mass is 270 g/mol. The molecule has 6 nitrogen and oxygen atoms in total. The Hall–Kier alpha value is -1.30. The van der Waals surface area contributed by atoms with Crippen LogP contribution in [0.3, 0.4) is 0 Å². The zero-order chi connectivity index (χ0) is 13.8. The number of amides is 2. The Labute approximate surface area is 112 Å². The first-order chi connectivity index (χ1) is 9.11. The largest absolute Gasteiger partial charge is 0.480 e. The lowest BCUT2D eigenvalue weighted by Crippen LogP contribution is -2.47. The fourth-order valence-corrected chi connectivity index (χ4v) is 2.57. The third-order valence-electron chi connectivity index (χ3n) is 3.97. The van der Waals surface area contributed by atoms with Crippen LogP contribution in [-0.2, 0) is 4.79 Å². The average Bonchev–Trinajstić information content (AvgIpc) is 3.22. The smallest absolute Gasteiger partial charge is 0.326 e. The van der Waals surface area contributed by atoms with Crippen molar-refractivity contribution >= 4 is 12.0 Å². The van der Waals surface area contributed by atoms with Crippen LogP contribution in [0.1, 0.15) is 32.1 Å². The molecule has 2 aliphatic rings. The Morgan fingerprint density at radius 2 is 1.74 bits per heavy atom. The van der Waals surface area contributed by atoms with Gasteiger partial charge < -0.3 is 20.8 Å². The van der Waals surface area contributed by atoms with Crippen molar-refractivity contribution in [3.63, 3.8) is 0 Å². The van der Waals surface area contributed by atoms with E-state index in [1.807, 2.05) is 0 Å². The first-order valence-corrected chi connectivity index (χ1v) is 7.00. The number of carbonyl (C=O) groups excluding carboxylic acids is 1. The molecule has 1 atom stereocenters. The summed E-state index contributed by atoms with van der Waals surface area (Å²) in [5.41, 5.74) is 0. The average molecular weight is 270 g/mol. The molecule has 2 saturated carbocycles. The predicted octanol–water partition coefficient (Wildman–Crippen LogP) is 0.557. The molecule has 0 spiro atoms. The summed E-state index contributed by atoms with van der Waals surface area (Å²) < 4.78 is 0. The van der Waals surface area contributed by atoms with Gasteiger partial charge in [-0.3, -0.25) is 0 Å². The molecule has 0 aromatic carbocycles. The SMILES string of the molecule is O=C(NCC(C1CC1)C1CC1)N[C@@H](CCO)C(=O)O. The van der Waals surface area contributed by atoms with Gasteiger partial charge in [-0.15, -0.1) is 0 Å². The molecule has 2 fully saturated rings. The van der Waals surface area contributed by atoms with E-state index in [-0.39, 0.29) is 13.0 Å². The molecule has 6 heteroatoms. The first-order valence-electron chi connectivity index (χ1n) is 7.00. The van der Waals surface area contributed by atoms with Crippen LogP contribution in [0.4, 0.5) is 4.79 Å². The predicted molar refractivity (Wildman–Crippen MR) is 68.6 cm³/mol. The highest BCUT2D eigenvalue weighted by molar-refractivity contribution is 5.82. The van der Waals surface area contributed by atoms with Crippen LogP contribution < -0.4 is 10.6 Å². The third-order valence-corrected chi connectivity index (χ3v) is 3.97. The van der Waals surface area contributed by atoms with Crippen LogP contribution in [0.15, 0.2) is 0 Å². The Kier molecular flexibility index (Phi) is 4.63. The van der Waals surface area contributed by atoms with E-state index in [9.17, 15) is 9.59 Å². The quantitative estimate of drug-likeness (QED) is 0.518. The molecule has 108 valence electrons. The second-order valence-electron chi connectivity index (χ2n) is 5.60. The Balaban J connectivity index is 1.71. The summed E-state index contributed by atoms with van der Waals surface area (Å²) in [5.74, 6) is 0.943. The topological polar surface area (TPSA) is 98.7 Å².